The summed E-state index contributed by atoms with van der Waals surface area (Å²) in [5, 5.41) is 24.6. The second kappa shape index (κ2) is 19.9. The Bertz CT molecular complexity index is 1730. The number of benzene rings is 2. The number of aromatic hydroxyl groups is 1. The van der Waals surface area contributed by atoms with Gasteiger partial charge in [-0.25, -0.2) is 4.79 Å². The van der Waals surface area contributed by atoms with Crippen LogP contribution in [0.1, 0.15) is 96.1 Å². The Kier molecular flexibility index (Phi) is 16.2. The van der Waals surface area contributed by atoms with Crippen molar-refractivity contribution in [1.29, 1.82) is 0 Å². The minimum Gasteiger partial charge on any atom is -0.507 e. The molecule has 0 fully saturated rings. The smallest absolute Gasteiger partial charge is 0.332 e. The molecular weight excluding hydrogens is 697 g/mol. The van der Waals surface area contributed by atoms with Gasteiger partial charge < -0.3 is 29.9 Å². The quantitative estimate of drug-likeness (QED) is 0.255. The van der Waals surface area contributed by atoms with Gasteiger partial charge in [-0.05, 0) is 88.1 Å². The molecule has 0 aromatic heterocycles. The predicted molar refractivity (Wildman–Crippen MR) is 215 cm³/mol. The molecule has 0 saturated carbocycles. The fourth-order valence-corrected chi connectivity index (χ4v) is 7.14. The Balaban J connectivity index is 2.21. The molecule has 3 N–H and O–H groups in total. The van der Waals surface area contributed by atoms with Crippen LogP contribution in [0, 0.1) is 31.6 Å². The Labute approximate surface area is 327 Å². The Morgan fingerprint density at radius 2 is 1.65 bits per heavy atom. The van der Waals surface area contributed by atoms with Gasteiger partial charge in [-0.3, -0.25) is 14.4 Å². The lowest BCUT2D eigenvalue weighted by Crippen LogP contribution is -2.56. The number of phenols is 1. The second-order valence-electron chi connectivity index (χ2n) is 15.8. The first-order valence-electron chi connectivity index (χ1n) is 19.2. The van der Waals surface area contributed by atoms with Gasteiger partial charge in [0.05, 0.1) is 17.7 Å². The van der Waals surface area contributed by atoms with Crippen molar-refractivity contribution in [2.24, 2.45) is 17.8 Å². The van der Waals surface area contributed by atoms with Crippen LogP contribution in [0.15, 0.2) is 77.9 Å². The van der Waals surface area contributed by atoms with Crippen LogP contribution in [0.4, 0.5) is 0 Å². The number of nitrogens with one attached hydrogen (secondary N) is 1. The van der Waals surface area contributed by atoms with Crippen LogP contribution in [0.2, 0.25) is 0 Å². The van der Waals surface area contributed by atoms with Crippen LogP contribution in [0.5, 0.6) is 5.75 Å². The van der Waals surface area contributed by atoms with Crippen LogP contribution in [-0.4, -0.2) is 76.6 Å². The molecule has 2 aromatic rings. The molecule has 0 saturated heterocycles. The number of rotatable bonds is 7. The van der Waals surface area contributed by atoms with Gasteiger partial charge in [-0.1, -0.05) is 94.0 Å². The number of phenolic OH excluding ortho intramolecular Hbond substituents is 1. The zero-order valence-corrected chi connectivity index (χ0v) is 34.5. The maximum Gasteiger partial charge on any atom is 0.332 e. The molecule has 10 heteroatoms. The number of carbonyl (C=O) groups excluding carboxylic acids is 4. The number of aryl methyl sites for hydroxylation is 2. The number of aliphatic hydroxyl groups is 1. The lowest BCUT2D eigenvalue weighted by Gasteiger charge is -2.34. The number of ketones is 1. The normalized spacial score (nSPS) is 27.5. The second-order valence-corrected chi connectivity index (χ2v) is 15.8. The number of methoxy groups -OCH3 is 1. The van der Waals surface area contributed by atoms with E-state index in [1.54, 1.807) is 47.1 Å². The molecule has 3 rings (SSSR count). The van der Waals surface area contributed by atoms with E-state index in [-0.39, 0.29) is 48.2 Å². The fourth-order valence-electron chi connectivity index (χ4n) is 7.14. The third-order valence-electron chi connectivity index (χ3n) is 10.7. The molecule has 1 aliphatic heterocycles. The van der Waals surface area contributed by atoms with Gasteiger partial charge in [0.15, 0.2) is 11.8 Å². The molecule has 0 radical (unpaired) electrons. The van der Waals surface area contributed by atoms with Gasteiger partial charge in [0.25, 0.3) is 0 Å². The van der Waals surface area contributed by atoms with E-state index in [4.69, 9.17) is 9.47 Å². The molecule has 0 unspecified atom stereocenters. The standard InChI is InChI=1S/C45H62N2O8/c1-12-27(2)38-36(48)26-35(25-33-23-31(6)39(49)32(7)24-33)42(50)46-41(45(8,9)53)44(52)55-40(34-19-14-13-15-20-34)29(4)18-16-17-28(3)37(54-11)22-21-30(5)43(51)47(38)10/h13-21,23-24,27,29,35,37-38,40-41,49,53H,12,22,25-26H2,1-11H3,(H,46,50)/b18-16+,28-17+,30-21+/t27-,29+,35-,37+,38-,40-,41+/m0/s1. The molecule has 300 valence electrons. The molecule has 1 heterocycles. The van der Waals surface area contributed by atoms with Gasteiger partial charge in [0.1, 0.15) is 11.9 Å². The average molecular weight is 759 g/mol. The molecule has 2 aromatic carbocycles. The summed E-state index contributed by atoms with van der Waals surface area (Å²) in [6.07, 6.45) is 7.31. The van der Waals surface area contributed by atoms with Crippen molar-refractivity contribution in [1.82, 2.24) is 10.2 Å². The molecule has 55 heavy (non-hydrogen) atoms. The summed E-state index contributed by atoms with van der Waals surface area (Å²) in [4.78, 5) is 58.3. The number of carbonyl (C=O) groups is 4. The zero-order chi connectivity index (χ0) is 41.2. The van der Waals surface area contributed by atoms with Crippen molar-refractivity contribution in [3.63, 3.8) is 0 Å². The van der Waals surface area contributed by atoms with Crippen molar-refractivity contribution in [3.8, 4) is 5.75 Å². The third kappa shape index (κ3) is 12.0. The Hall–Kier alpha value is -4.54. The maximum atomic E-state index is 14.4. The van der Waals surface area contributed by atoms with E-state index in [1.165, 1.54) is 18.7 Å². The maximum absolute atomic E-state index is 14.4. The lowest BCUT2D eigenvalue weighted by atomic mass is 9.85. The van der Waals surface area contributed by atoms with Gasteiger partial charge in [0.2, 0.25) is 11.8 Å². The van der Waals surface area contributed by atoms with E-state index in [1.807, 2.05) is 82.3 Å². The lowest BCUT2D eigenvalue weighted by molar-refractivity contribution is -0.162. The van der Waals surface area contributed by atoms with E-state index in [2.05, 4.69) is 5.32 Å². The number of Topliss-reactive ketones (excluding diaryl/α,β-unsaturated/α-hetero) is 1. The number of cyclic esters (lactones) is 1. The summed E-state index contributed by atoms with van der Waals surface area (Å²) in [5.41, 5.74) is 2.29. The molecule has 0 bridgehead atoms. The van der Waals surface area contributed by atoms with Crippen LogP contribution >= 0.6 is 0 Å². The minimum atomic E-state index is -1.76. The van der Waals surface area contributed by atoms with Gasteiger partial charge in [0, 0.05) is 38.0 Å². The van der Waals surface area contributed by atoms with Crippen molar-refractivity contribution in [2.45, 2.75) is 118 Å². The zero-order valence-electron chi connectivity index (χ0n) is 34.5. The number of allylic oxidation sites excluding steroid dienone is 2. The summed E-state index contributed by atoms with van der Waals surface area (Å²) in [5.74, 6) is -3.51. The summed E-state index contributed by atoms with van der Waals surface area (Å²) >= 11 is 0. The third-order valence-corrected chi connectivity index (χ3v) is 10.7. The van der Waals surface area contributed by atoms with Gasteiger partial charge >= 0.3 is 5.97 Å². The van der Waals surface area contributed by atoms with Crippen molar-refractivity contribution < 1.29 is 38.9 Å². The molecule has 0 aliphatic carbocycles. The van der Waals surface area contributed by atoms with Gasteiger partial charge in [-0.15, -0.1) is 0 Å². The monoisotopic (exact) mass is 758 g/mol. The van der Waals surface area contributed by atoms with Crippen LogP contribution < -0.4 is 5.32 Å². The molecule has 2 amide bonds. The summed E-state index contributed by atoms with van der Waals surface area (Å²) in [6, 6.07) is 10.5. The van der Waals surface area contributed by atoms with E-state index >= 15 is 0 Å². The van der Waals surface area contributed by atoms with E-state index < -0.39 is 41.6 Å². The highest BCUT2D eigenvalue weighted by molar-refractivity contribution is 5.98. The largest absolute Gasteiger partial charge is 0.507 e. The minimum absolute atomic E-state index is 0.0935. The van der Waals surface area contributed by atoms with Crippen molar-refractivity contribution in [2.75, 3.05) is 14.2 Å². The van der Waals surface area contributed by atoms with E-state index in [0.29, 0.717) is 35.1 Å². The van der Waals surface area contributed by atoms with E-state index in [9.17, 15) is 29.4 Å². The first-order chi connectivity index (χ1) is 25.8. The number of likely N-dealkylation sites (N-methyl/N-ethyl adjacent to an activating group) is 1. The number of ether oxygens (including phenoxy) is 2. The summed E-state index contributed by atoms with van der Waals surface area (Å²) in [7, 11) is 3.22. The predicted octanol–water partition coefficient (Wildman–Crippen LogP) is 7.04. The first kappa shape index (κ1) is 44.9. The summed E-state index contributed by atoms with van der Waals surface area (Å²) < 4.78 is 12.0. The molecule has 7 atom stereocenters. The van der Waals surface area contributed by atoms with Crippen molar-refractivity contribution in [3.05, 3.63) is 100 Å². The van der Waals surface area contributed by atoms with Crippen LogP contribution in [0.25, 0.3) is 0 Å². The molecular formula is C45H62N2O8. The Morgan fingerprint density at radius 3 is 2.22 bits per heavy atom. The number of nitrogens with zero attached hydrogens (tertiary/aromatic N) is 1. The SMILES string of the molecule is CC[C@H](C)[C@H]1C(=O)C[C@H](Cc2cc(C)c(O)c(C)c2)C(=O)N[C@@H](C(C)(C)O)C(=O)O[C@H](c2ccccc2)[C@H](C)/C=C/C=C(\C)[C@H](OC)C/C=C(\C)C(=O)N1C. The highest BCUT2D eigenvalue weighted by Gasteiger charge is 2.41. The average Bonchev–Trinajstić information content (AvgIpc) is 3.13. The highest BCUT2D eigenvalue weighted by Crippen LogP contribution is 2.31. The van der Waals surface area contributed by atoms with Crippen molar-refractivity contribution >= 4 is 23.6 Å². The molecule has 0 spiro atoms. The Morgan fingerprint density at radius 1 is 1.04 bits per heavy atom. The van der Waals surface area contributed by atoms with Gasteiger partial charge in [-0.2, -0.15) is 0 Å². The number of esters is 1. The number of hydrogen-bond donors (Lipinski definition) is 3. The number of hydrogen-bond acceptors (Lipinski definition) is 8. The van der Waals surface area contributed by atoms with E-state index in [0.717, 1.165) is 11.1 Å². The first-order valence-corrected chi connectivity index (χ1v) is 19.2. The van der Waals surface area contributed by atoms with Crippen LogP contribution in [-0.2, 0) is 35.1 Å². The van der Waals surface area contributed by atoms with Crippen LogP contribution in [0.3, 0.4) is 0 Å². The molecule has 10 nitrogen and oxygen atoms in total. The fraction of sp³-hybridized carbons (Fsp3) is 0.511. The number of amides is 2. The topological polar surface area (TPSA) is 142 Å². The molecule has 1 aliphatic rings. The highest BCUT2D eigenvalue weighted by atomic mass is 16.5. The summed E-state index contributed by atoms with van der Waals surface area (Å²) in [6.45, 7) is 15.8.